The standard InChI is InChI=1S/C15H23N/c1-11-5-6-14(13(3)12(11)2)9-15(10-16)7-4-8-15/h5-6H,4,7-10,16H2,1-3H3. The average Bonchev–Trinajstić information content (AvgIpc) is 2.23. The van der Waals surface area contributed by atoms with Gasteiger partial charge in [-0.15, -0.1) is 0 Å². The van der Waals surface area contributed by atoms with Gasteiger partial charge in [0.25, 0.3) is 0 Å². The summed E-state index contributed by atoms with van der Waals surface area (Å²) in [5.74, 6) is 0. The molecule has 0 heterocycles. The normalized spacial score (nSPS) is 18.2. The first-order valence-corrected chi connectivity index (χ1v) is 6.34. The van der Waals surface area contributed by atoms with Gasteiger partial charge in [-0.1, -0.05) is 18.6 Å². The second-order valence-electron chi connectivity index (χ2n) is 5.53. The first-order chi connectivity index (χ1) is 7.58. The molecule has 0 amide bonds. The van der Waals surface area contributed by atoms with Gasteiger partial charge in [0.05, 0.1) is 0 Å². The van der Waals surface area contributed by atoms with Crippen molar-refractivity contribution in [2.45, 2.75) is 46.5 Å². The van der Waals surface area contributed by atoms with Gasteiger partial charge in [-0.25, -0.2) is 0 Å². The molecule has 0 unspecified atom stereocenters. The molecule has 88 valence electrons. The van der Waals surface area contributed by atoms with Crippen LogP contribution in [0.5, 0.6) is 0 Å². The van der Waals surface area contributed by atoms with Crippen molar-refractivity contribution in [1.82, 2.24) is 0 Å². The largest absolute Gasteiger partial charge is 0.330 e. The van der Waals surface area contributed by atoms with Gasteiger partial charge in [-0.05, 0) is 74.2 Å². The lowest BCUT2D eigenvalue weighted by atomic mass is 9.65. The van der Waals surface area contributed by atoms with Crippen LogP contribution in [0.15, 0.2) is 12.1 Å². The monoisotopic (exact) mass is 217 g/mol. The van der Waals surface area contributed by atoms with Crippen LogP contribution in [0.25, 0.3) is 0 Å². The van der Waals surface area contributed by atoms with Crippen molar-refractivity contribution in [2.75, 3.05) is 6.54 Å². The van der Waals surface area contributed by atoms with Crippen LogP contribution in [-0.4, -0.2) is 6.54 Å². The van der Waals surface area contributed by atoms with Crippen LogP contribution < -0.4 is 5.73 Å². The van der Waals surface area contributed by atoms with Gasteiger partial charge in [0, 0.05) is 0 Å². The first-order valence-electron chi connectivity index (χ1n) is 6.34. The number of rotatable bonds is 3. The lowest BCUT2D eigenvalue weighted by Gasteiger charge is -2.41. The van der Waals surface area contributed by atoms with Gasteiger partial charge in [-0.3, -0.25) is 0 Å². The Labute approximate surface area is 99.0 Å². The smallest absolute Gasteiger partial charge is 0.00173 e. The van der Waals surface area contributed by atoms with Crippen LogP contribution in [0.3, 0.4) is 0 Å². The summed E-state index contributed by atoms with van der Waals surface area (Å²) in [6.07, 6.45) is 5.17. The predicted octanol–water partition coefficient (Wildman–Crippen LogP) is 3.28. The fraction of sp³-hybridized carbons (Fsp3) is 0.600. The molecule has 0 aliphatic heterocycles. The summed E-state index contributed by atoms with van der Waals surface area (Å²) >= 11 is 0. The average molecular weight is 217 g/mol. The maximum Gasteiger partial charge on any atom is -0.00173 e. The summed E-state index contributed by atoms with van der Waals surface area (Å²) in [5, 5.41) is 0. The summed E-state index contributed by atoms with van der Waals surface area (Å²) in [4.78, 5) is 0. The number of hydrogen-bond donors (Lipinski definition) is 1. The second kappa shape index (κ2) is 4.21. The Bertz CT molecular complexity index is 383. The highest BCUT2D eigenvalue weighted by Crippen LogP contribution is 2.43. The lowest BCUT2D eigenvalue weighted by Crippen LogP contribution is -2.39. The second-order valence-corrected chi connectivity index (χ2v) is 5.53. The van der Waals surface area contributed by atoms with Gasteiger partial charge < -0.3 is 5.73 Å². The molecule has 0 aromatic heterocycles. The fourth-order valence-corrected chi connectivity index (χ4v) is 2.74. The minimum absolute atomic E-state index is 0.423. The van der Waals surface area contributed by atoms with Crippen LogP contribution in [-0.2, 0) is 6.42 Å². The molecule has 1 nitrogen and oxygen atoms in total. The lowest BCUT2D eigenvalue weighted by molar-refractivity contribution is 0.144. The third-order valence-electron chi connectivity index (χ3n) is 4.58. The first kappa shape index (κ1) is 11.7. The molecule has 1 aliphatic carbocycles. The van der Waals surface area contributed by atoms with Crippen molar-refractivity contribution in [3.63, 3.8) is 0 Å². The van der Waals surface area contributed by atoms with E-state index >= 15 is 0 Å². The van der Waals surface area contributed by atoms with E-state index < -0.39 is 0 Å². The van der Waals surface area contributed by atoms with Crippen LogP contribution >= 0.6 is 0 Å². The highest BCUT2D eigenvalue weighted by Gasteiger charge is 2.35. The number of benzene rings is 1. The number of nitrogens with two attached hydrogens (primary N) is 1. The molecule has 0 atom stereocenters. The minimum atomic E-state index is 0.423. The number of hydrogen-bond acceptors (Lipinski definition) is 1. The van der Waals surface area contributed by atoms with E-state index in [0.29, 0.717) is 5.41 Å². The number of aryl methyl sites for hydroxylation is 1. The molecule has 1 aliphatic rings. The van der Waals surface area contributed by atoms with Crippen molar-refractivity contribution in [2.24, 2.45) is 11.1 Å². The molecule has 1 heteroatoms. The third kappa shape index (κ3) is 1.89. The van der Waals surface area contributed by atoms with Gasteiger partial charge in [0.15, 0.2) is 0 Å². The van der Waals surface area contributed by atoms with Gasteiger partial charge in [0.2, 0.25) is 0 Å². The van der Waals surface area contributed by atoms with E-state index in [0.717, 1.165) is 6.54 Å². The molecule has 2 rings (SSSR count). The zero-order chi connectivity index (χ0) is 11.8. The summed E-state index contributed by atoms with van der Waals surface area (Å²) in [5.41, 5.74) is 12.2. The molecule has 1 aromatic carbocycles. The van der Waals surface area contributed by atoms with Crippen LogP contribution in [0.2, 0.25) is 0 Å². The predicted molar refractivity (Wildman–Crippen MR) is 69.7 cm³/mol. The third-order valence-corrected chi connectivity index (χ3v) is 4.58. The maximum absolute atomic E-state index is 5.93. The van der Waals surface area contributed by atoms with E-state index in [9.17, 15) is 0 Å². The quantitative estimate of drug-likeness (QED) is 0.826. The fourth-order valence-electron chi connectivity index (χ4n) is 2.74. The van der Waals surface area contributed by atoms with Crippen molar-refractivity contribution >= 4 is 0 Å². The molecule has 0 radical (unpaired) electrons. The maximum atomic E-state index is 5.93. The molecule has 1 saturated carbocycles. The molecule has 0 saturated heterocycles. The molecule has 16 heavy (non-hydrogen) atoms. The molecular formula is C15H23N. The van der Waals surface area contributed by atoms with E-state index in [1.807, 2.05) is 0 Å². The van der Waals surface area contributed by atoms with Gasteiger partial charge in [-0.2, -0.15) is 0 Å². The Kier molecular flexibility index (Phi) is 3.07. The molecule has 2 N–H and O–H groups in total. The topological polar surface area (TPSA) is 26.0 Å². The molecule has 1 fully saturated rings. The Hall–Kier alpha value is -0.820. The Morgan fingerprint density at radius 1 is 1.12 bits per heavy atom. The molecular weight excluding hydrogens is 194 g/mol. The van der Waals surface area contributed by atoms with E-state index in [-0.39, 0.29) is 0 Å². The minimum Gasteiger partial charge on any atom is -0.330 e. The summed E-state index contributed by atoms with van der Waals surface area (Å²) < 4.78 is 0. The van der Waals surface area contributed by atoms with Crippen molar-refractivity contribution in [1.29, 1.82) is 0 Å². The summed E-state index contributed by atoms with van der Waals surface area (Å²) in [7, 11) is 0. The summed E-state index contributed by atoms with van der Waals surface area (Å²) in [6, 6.07) is 4.55. The highest BCUT2D eigenvalue weighted by molar-refractivity contribution is 5.39. The zero-order valence-electron chi connectivity index (χ0n) is 10.8. The van der Waals surface area contributed by atoms with E-state index in [1.54, 1.807) is 0 Å². The van der Waals surface area contributed by atoms with Crippen molar-refractivity contribution in [3.05, 3.63) is 34.4 Å². The van der Waals surface area contributed by atoms with Gasteiger partial charge >= 0.3 is 0 Å². The molecule has 0 bridgehead atoms. The molecule has 1 aromatic rings. The highest BCUT2D eigenvalue weighted by atomic mass is 14.6. The Balaban J connectivity index is 2.25. The molecule has 0 spiro atoms. The SMILES string of the molecule is Cc1ccc(CC2(CN)CCC2)c(C)c1C. The van der Waals surface area contributed by atoms with Crippen LogP contribution in [0.4, 0.5) is 0 Å². The zero-order valence-corrected chi connectivity index (χ0v) is 10.8. The van der Waals surface area contributed by atoms with E-state index in [2.05, 4.69) is 32.9 Å². The van der Waals surface area contributed by atoms with Gasteiger partial charge in [0.1, 0.15) is 0 Å². The Morgan fingerprint density at radius 3 is 2.31 bits per heavy atom. The summed E-state index contributed by atoms with van der Waals surface area (Å²) in [6.45, 7) is 7.51. The van der Waals surface area contributed by atoms with E-state index in [1.165, 1.54) is 47.9 Å². The van der Waals surface area contributed by atoms with Crippen molar-refractivity contribution in [3.8, 4) is 0 Å². The van der Waals surface area contributed by atoms with Crippen LogP contribution in [0, 0.1) is 26.2 Å². The van der Waals surface area contributed by atoms with Crippen molar-refractivity contribution < 1.29 is 0 Å². The Morgan fingerprint density at radius 2 is 1.81 bits per heavy atom. The van der Waals surface area contributed by atoms with E-state index in [4.69, 9.17) is 5.73 Å². The van der Waals surface area contributed by atoms with Crippen LogP contribution in [0.1, 0.15) is 41.5 Å².